The third-order valence-electron chi connectivity index (χ3n) is 8.24. The molecule has 0 unspecified atom stereocenters. The normalized spacial score (nSPS) is 10.9. The largest absolute Gasteiger partial charge is 0.456 e. The van der Waals surface area contributed by atoms with Gasteiger partial charge in [-0.1, -0.05) is 109 Å². The molecule has 2 aromatic heterocycles. The summed E-state index contributed by atoms with van der Waals surface area (Å²) in [7, 11) is 0. The minimum Gasteiger partial charge on any atom is -0.456 e. The van der Waals surface area contributed by atoms with Gasteiger partial charge in [0.1, 0.15) is 23.3 Å². The van der Waals surface area contributed by atoms with Gasteiger partial charge >= 0.3 is 0 Å². The number of hydrogen-bond acceptors (Lipinski definition) is 6. The molecule has 2 heterocycles. The fraction of sp³-hybridized carbons (Fsp3) is 0. The predicted octanol–water partition coefficient (Wildman–Crippen LogP) is 9.85. The van der Waals surface area contributed by atoms with Crippen molar-refractivity contribution in [3.05, 3.63) is 151 Å². The highest BCUT2D eigenvalue weighted by molar-refractivity contribution is 6.13. The molecular weight excluding hydrogens is 578 g/mol. The van der Waals surface area contributed by atoms with Crippen molar-refractivity contribution in [2.45, 2.75) is 0 Å². The molecule has 0 spiro atoms. The molecular formula is C41H23N5O. The fourth-order valence-electron chi connectivity index (χ4n) is 5.90. The first-order valence-corrected chi connectivity index (χ1v) is 15.1. The summed E-state index contributed by atoms with van der Waals surface area (Å²) in [6.45, 7) is 0. The maximum absolute atomic E-state index is 9.48. The molecule has 0 saturated carbocycles. The number of aromatic nitrogens is 3. The second kappa shape index (κ2) is 11.6. The Balaban J connectivity index is 1.23. The van der Waals surface area contributed by atoms with Crippen LogP contribution in [-0.4, -0.2) is 15.0 Å². The van der Waals surface area contributed by atoms with Crippen molar-refractivity contribution in [1.29, 1.82) is 10.5 Å². The molecule has 0 saturated heterocycles. The lowest BCUT2D eigenvalue weighted by molar-refractivity contribution is 0.669. The molecule has 0 aliphatic rings. The summed E-state index contributed by atoms with van der Waals surface area (Å²) in [5.74, 6) is 1.64. The van der Waals surface area contributed by atoms with Crippen molar-refractivity contribution < 1.29 is 4.42 Å². The molecule has 0 bridgehead atoms. The molecule has 6 aromatic carbocycles. The molecule has 8 rings (SSSR count). The van der Waals surface area contributed by atoms with Crippen molar-refractivity contribution >= 4 is 21.9 Å². The standard InChI is InChI=1S/C41H23N5O/c42-24-32-19-18-30(22-33(32)25-43)26-14-16-29(17-15-26)40-44-39(28-10-5-2-6-11-28)45-41(46-40)31-20-21-35-37(23-31)47-36-13-7-12-34(38(35)36)27-8-3-1-4-9-27/h1-23H. The van der Waals surface area contributed by atoms with E-state index in [2.05, 4.69) is 36.4 Å². The molecule has 6 nitrogen and oxygen atoms in total. The van der Waals surface area contributed by atoms with Crippen molar-refractivity contribution in [1.82, 2.24) is 15.0 Å². The lowest BCUT2D eigenvalue weighted by Gasteiger charge is -2.09. The van der Waals surface area contributed by atoms with Gasteiger partial charge in [-0.2, -0.15) is 10.5 Å². The number of benzene rings is 6. The molecule has 0 aliphatic heterocycles. The third-order valence-corrected chi connectivity index (χ3v) is 8.24. The van der Waals surface area contributed by atoms with Crippen molar-refractivity contribution in [3.63, 3.8) is 0 Å². The highest BCUT2D eigenvalue weighted by atomic mass is 16.3. The number of fused-ring (bicyclic) bond motifs is 3. The van der Waals surface area contributed by atoms with Crippen molar-refractivity contribution in [2.24, 2.45) is 0 Å². The first kappa shape index (κ1) is 27.6. The Bertz CT molecular complexity index is 2520. The van der Waals surface area contributed by atoms with Crippen LogP contribution in [0.2, 0.25) is 0 Å². The Kier molecular flexibility index (Phi) is 6.80. The minimum absolute atomic E-state index is 0.349. The predicted molar refractivity (Wildman–Crippen MR) is 184 cm³/mol. The monoisotopic (exact) mass is 601 g/mol. The van der Waals surface area contributed by atoms with Gasteiger partial charge in [-0.15, -0.1) is 0 Å². The Morgan fingerprint density at radius 3 is 1.68 bits per heavy atom. The van der Waals surface area contributed by atoms with E-state index in [-0.39, 0.29) is 0 Å². The van der Waals surface area contributed by atoms with Gasteiger partial charge in [0.2, 0.25) is 0 Å². The molecule has 6 heteroatoms. The molecule has 8 aromatic rings. The van der Waals surface area contributed by atoms with Gasteiger partial charge in [-0.05, 0) is 52.6 Å². The van der Waals surface area contributed by atoms with E-state index >= 15 is 0 Å². The van der Waals surface area contributed by atoms with E-state index in [4.69, 9.17) is 19.4 Å². The van der Waals surface area contributed by atoms with Gasteiger partial charge in [-0.3, -0.25) is 0 Å². The summed E-state index contributed by atoms with van der Waals surface area (Å²) in [5.41, 5.74) is 8.83. The van der Waals surface area contributed by atoms with Crippen LogP contribution in [0.4, 0.5) is 0 Å². The topological polar surface area (TPSA) is 99.4 Å². The number of nitrogens with zero attached hydrogens (tertiary/aromatic N) is 5. The number of nitriles is 2. The summed E-state index contributed by atoms with van der Waals surface area (Å²) in [6, 6.07) is 49.7. The Hall–Kier alpha value is -6.89. The molecule has 0 atom stereocenters. The van der Waals surface area contributed by atoms with Crippen LogP contribution in [0.15, 0.2) is 144 Å². The van der Waals surface area contributed by atoms with Gasteiger partial charge in [0.25, 0.3) is 0 Å². The van der Waals surface area contributed by atoms with Gasteiger partial charge < -0.3 is 4.42 Å². The number of furan rings is 1. The maximum Gasteiger partial charge on any atom is 0.164 e. The summed E-state index contributed by atoms with van der Waals surface area (Å²) >= 11 is 0. The second-order valence-electron chi connectivity index (χ2n) is 11.1. The molecule has 218 valence electrons. The first-order valence-electron chi connectivity index (χ1n) is 15.1. The van der Waals surface area contributed by atoms with Crippen molar-refractivity contribution in [3.8, 4) is 68.6 Å². The molecule has 0 aliphatic carbocycles. The van der Waals surface area contributed by atoms with Crippen LogP contribution in [0.25, 0.3) is 78.4 Å². The lowest BCUT2D eigenvalue weighted by Crippen LogP contribution is -2.00. The smallest absolute Gasteiger partial charge is 0.164 e. The quantitative estimate of drug-likeness (QED) is 0.195. The highest BCUT2D eigenvalue weighted by Crippen LogP contribution is 2.38. The third kappa shape index (κ3) is 5.07. The Morgan fingerprint density at radius 1 is 0.426 bits per heavy atom. The van der Waals surface area contributed by atoms with Crippen LogP contribution < -0.4 is 0 Å². The average molecular weight is 602 g/mol. The zero-order valence-electron chi connectivity index (χ0n) is 24.9. The Labute approximate surface area is 270 Å². The van der Waals surface area contributed by atoms with Gasteiger partial charge in [0.15, 0.2) is 17.5 Å². The summed E-state index contributed by atoms with van der Waals surface area (Å²) in [6.07, 6.45) is 0. The van der Waals surface area contributed by atoms with Crippen molar-refractivity contribution in [2.75, 3.05) is 0 Å². The molecule has 0 radical (unpaired) electrons. The second-order valence-corrected chi connectivity index (χ2v) is 11.1. The minimum atomic E-state index is 0.349. The summed E-state index contributed by atoms with van der Waals surface area (Å²) < 4.78 is 6.38. The SMILES string of the molecule is N#Cc1ccc(-c2ccc(-c3nc(-c4ccccc4)nc(-c4ccc5c(c4)oc4cccc(-c6ccccc6)c45)n3)cc2)cc1C#N. The summed E-state index contributed by atoms with van der Waals surface area (Å²) in [4.78, 5) is 14.7. The molecule has 0 N–H and O–H groups in total. The van der Waals surface area contributed by atoms with Crippen LogP contribution in [0.1, 0.15) is 11.1 Å². The van der Waals surface area contributed by atoms with E-state index in [0.29, 0.717) is 28.6 Å². The van der Waals surface area contributed by atoms with E-state index in [1.807, 2.05) is 103 Å². The lowest BCUT2D eigenvalue weighted by atomic mass is 9.99. The number of rotatable bonds is 5. The van der Waals surface area contributed by atoms with E-state index in [9.17, 15) is 10.5 Å². The van der Waals surface area contributed by atoms with Crippen LogP contribution in [0, 0.1) is 22.7 Å². The Morgan fingerprint density at radius 2 is 1.00 bits per heavy atom. The van der Waals surface area contributed by atoms with Crippen LogP contribution >= 0.6 is 0 Å². The molecule has 47 heavy (non-hydrogen) atoms. The zero-order valence-corrected chi connectivity index (χ0v) is 24.9. The number of hydrogen-bond donors (Lipinski definition) is 0. The average Bonchev–Trinajstić information content (AvgIpc) is 3.53. The van der Waals surface area contributed by atoms with Gasteiger partial charge in [0.05, 0.1) is 11.1 Å². The van der Waals surface area contributed by atoms with E-state index < -0.39 is 0 Å². The molecule has 0 amide bonds. The van der Waals surface area contributed by atoms with E-state index in [0.717, 1.165) is 60.9 Å². The van der Waals surface area contributed by atoms with Crippen LogP contribution in [0.3, 0.4) is 0 Å². The first-order chi connectivity index (χ1) is 23.2. The van der Waals surface area contributed by atoms with Crippen LogP contribution in [0.5, 0.6) is 0 Å². The zero-order chi connectivity index (χ0) is 31.7. The summed E-state index contributed by atoms with van der Waals surface area (Å²) in [5, 5.41) is 20.9. The van der Waals surface area contributed by atoms with E-state index in [1.165, 1.54) is 0 Å². The van der Waals surface area contributed by atoms with Gasteiger partial charge in [-0.25, -0.2) is 15.0 Å². The van der Waals surface area contributed by atoms with E-state index in [1.54, 1.807) is 12.1 Å². The maximum atomic E-state index is 9.48. The fourth-order valence-corrected chi connectivity index (χ4v) is 5.90. The van der Waals surface area contributed by atoms with Gasteiger partial charge in [0, 0.05) is 27.5 Å². The van der Waals surface area contributed by atoms with Crippen LogP contribution in [-0.2, 0) is 0 Å². The molecule has 0 fully saturated rings. The highest BCUT2D eigenvalue weighted by Gasteiger charge is 2.17.